The molecule has 12 rings (SSSR count). The molecule has 0 N–H and O–H groups in total. The summed E-state index contributed by atoms with van der Waals surface area (Å²) in [5.74, 6) is -17.7. The van der Waals surface area contributed by atoms with Gasteiger partial charge in [0, 0.05) is 47.3 Å². The summed E-state index contributed by atoms with van der Waals surface area (Å²) in [5, 5.41) is 0. The molecule has 16 nitrogen and oxygen atoms in total. The molecule has 6 saturated heterocycles. The van der Waals surface area contributed by atoms with Crippen LogP contribution in [0.2, 0.25) is 0 Å². The first-order valence-electron chi connectivity index (χ1n) is 18.6. The van der Waals surface area contributed by atoms with Gasteiger partial charge in [0.1, 0.15) is 0 Å². The first kappa shape index (κ1) is 31.4. The average Bonchev–Trinajstić information content (AvgIpc) is 3.99. The van der Waals surface area contributed by atoms with E-state index in [1.807, 2.05) is 0 Å². The molecule has 0 spiro atoms. The standard InChI is InChI=1S/C37H36O16/c1-46-30(42)34-18-8-5-9(15-14(8)26(38)50-27(15)39)19(18)35(52-34,31(43)47-2)23-13-7-12(22(23)34)24-25(13)37(33(45)49-4)21-11-6-10(16-17(11)29(41)51-28(16)40)20(21)36(24,53-37)32(44)48-3/h8-25H,5-7H2,1-4H3/t8-,9+,10+,11-,12?,13?,14-,15+,16+,17-,18+,19-,20-,21+,22-,23+,24+,25-,34-,35+,36+,37-. The third kappa shape index (κ3) is 2.66. The van der Waals surface area contributed by atoms with Crippen molar-refractivity contribution in [3.05, 3.63) is 0 Å². The van der Waals surface area contributed by atoms with Gasteiger partial charge in [-0.25, -0.2) is 19.2 Å². The second-order valence-corrected chi connectivity index (χ2v) is 17.8. The lowest BCUT2D eigenvalue weighted by atomic mass is 9.41. The fourth-order valence-electron chi connectivity index (χ4n) is 17.6. The summed E-state index contributed by atoms with van der Waals surface area (Å²) in [4.78, 5) is 111. The molecule has 6 heterocycles. The van der Waals surface area contributed by atoms with Gasteiger partial charge in [0.2, 0.25) is 0 Å². The van der Waals surface area contributed by atoms with Crippen molar-refractivity contribution >= 4 is 47.8 Å². The van der Waals surface area contributed by atoms with Gasteiger partial charge in [-0.3, -0.25) is 19.2 Å². The van der Waals surface area contributed by atoms with Gasteiger partial charge in [-0.2, -0.15) is 0 Å². The summed E-state index contributed by atoms with van der Waals surface area (Å²) >= 11 is 0. The number of hydrogen-bond acceptors (Lipinski definition) is 16. The van der Waals surface area contributed by atoms with Crippen molar-refractivity contribution < 1.29 is 76.3 Å². The van der Waals surface area contributed by atoms with Gasteiger partial charge in [0.05, 0.1) is 52.1 Å². The van der Waals surface area contributed by atoms with E-state index < -0.39 is 177 Å². The first-order valence-corrected chi connectivity index (χ1v) is 18.6. The van der Waals surface area contributed by atoms with E-state index in [1.54, 1.807) is 0 Å². The van der Waals surface area contributed by atoms with Crippen molar-refractivity contribution in [3.63, 3.8) is 0 Å². The highest BCUT2D eigenvalue weighted by Gasteiger charge is 2.98. The van der Waals surface area contributed by atoms with E-state index in [-0.39, 0.29) is 0 Å². The fourth-order valence-corrected chi connectivity index (χ4v) is 17.6. The highest BCUT2D eigenvalue weighted by atomic mass is 16.6. The Bertz CT molecular complexity index is 1700. The van der Waals surface area contributed by atoms with E-state index in [1.165, 1.54) is 28.4 Å². The van der Waals surface area contributed by atoms with E-state index >= 15 is 0 Å². The number of fused-ring (bicyclic) bond motifs is 36. The maximum Gasteiger partial charge on any atom is 0.338 e. The van der Waals surface area contributed by atoms with Gasteiger partial charge >= 0.3 is 47.8 Å². The minimum Gasteiger partial charge on any atom is -0.467 e. The van der Waals surface area contributed by atoms with Gasteiger partial charge in [0.15, 0.2) is 22.4 Å². The van der Waals surface area contributed by atoms with Crippen LogP contribution in [0.4, 0.5) is 0 Å². The van der Waals surface area contributed by atoms with Crippen LogP contribution in [0.3, 0.4) is 0 Å². The Balaban J connectivity index is 1.09. The third-order valence-electron chi connectivity index (χ3n) is 17.6. The van der Waals surface area contributed by atoms with Gasteiger partial charge in [-0.1, -0.05) is 0 Å². The lowest BCUT2D eigenvalue weighted by molar-refractivity contribution is -0.194. The lowest BCUT2D eigenvalue weighted by Crippen LogP contribution is -2.69. The molecule has 0 aromatic rings. The molecule has 0 aromatic carbocycles. The molecule has 280 valence electrons. The average molecular weight is 737 g/mol. The SMILES string of the molecule is COC(=O)[C@@]12O[C@@](C(=O)OC)([C@@H]3[C@H]4C[C@H]([C@H]5C(=O)OC(=O)[C@@H]45)[C@@H]31)[C@H]1C3CC([C@H]12)[C@H]1[C@@H]3[C@]2(C(=O)OC)O[C@@]1(C(=O)OC)[C@@H]1[C@H]3C[C@H]([C@H]4C(=O)OC(=O)[C@@H]34)[C@@H]12. The zero-order valence-electron chi connectivity index (χ0n) is 29.0. The smallest absolute Gasteiger partial charge is 0.338 e. The molecule has 12 aliphatic rings. The van der Waals surface area contributed by atoms with E-state index in [0.717, 1.165) is 0 Å². The molecular weight excluding hydrogens is 700 g/mol. The molecule has 0 aromatic heterocycles. The predicted octanol–water partition coefficient (Wildman–Crippen LogP) is -0.768. The Morgan fingerprint density at radius 2 is 0.623 bits per heavy atom. The van der Waals surface area contributed by atoms with Crippen LogP contribution in [0.15, 0.2) is 0 Å². The minimum absolute atomic E-state index is 0.386. The highest BCUT2D eigenvalue weighted by Crippen LogP contribution is 2.88. The molecule has 6 saturated carbocycles. The monoisotopic (exact) mass is 736 g/mol. The Morgan fingerprint density at radius 1 is 0.415 bits per heavy atom. The number of carbonyl (C=O) groups is 8. The summed E-state index contributed by atoms with van der Waals surface area (Å²) in [5.41, 5.74) is -7.07. The van der Waals surface area contributed by atoms with Crippen LogP contribution in [0.1, 0.15) is 19.3 Å². The Morgan fingerprint density at radius 3 is 0.849 bits per heavy atom. The molecule has 16 heteroatoms. The number of carbonyl (C=O) groups excluding carboxylic acids is 8. The number of rotatable bonds is 4. The number of methoxy groups -OCH3 is 4. The molecule has 22 atom stereocenters. The molecule has 0 amide bonds. The molecule has 6 aliphatic heterocycles. The van der Waals surface area contributed by atoms with Crippen LogP contribution in [-0.4, -0.2) is 98.6 Å². The summed E-state index contributed by atoms with van der Waals surface area (Å²) in [6.07, 6.45) is 1.18. The first-order chi connectivity index (χ1) is 25.4. The second-order valence-electron chi connectivity index (χ2n) is 17.8. The van der Waals surface area contributed by atoms with Gasteiger partial charge in [-0.15, -0.1) is 0 Å². The van der Waals surface area contributed by atoms with Crippen LogP contribution in [-0.2, 0) is 76.3 Å². The molecule has 53 heavy (non-hydrogen) atoms. The van der Waals surface area contributed by atoms with Gasteiger partial charge in [-0.05, 0) is 54.8 Å². The third-order valence-corrected chi connectivity index (χ3v) is 17.6. The maximum absolute atomic E-state index is 14.6. The quantitative estimate of drug-likeness (QED) is 0.197. The van der Waals surface area contributed by atoms with Crippen molar-refractivity contribution in [1.82, 2.24) is 0 Å². The van der Waals surface area contributed by atoms with Crippen LogP contribution in [0.25, 0.3) is 0 Å². The second kappa shape index (κ2) is 8.96. The topological polar surface area (TPSA) is 210 Å². The van der Waals surface area contributed by atoms with Crippen LogP contribution in [0, 0.1) is 107 Å². The Hall–Kier alpha value is -3.92. The molecule has 6 aliphatic carbocycles. The number of ether oxygens (including phenoxy) is 8. The predicted molar refractivity (Wildman–Crippen MR) is 160 cm³/mol. The fraction of sp³-hybridized carbons (Fsp3) is 0.784. The van der Waals surface area contributed by atoms with Crippen LogP contribution >= 0.6 is 0 Å². The lowest BCUT2D eigenvalue weighted by Gasteiger charge is -2.56. The number of hydrogen-bond donors (Lipinski definition) is 0. The Kier molecular flexibility index (Phi) is 5.31. The van der Waals surface area contributed by atoms with Crippen molar-refractivity contribution in [1.29, 1.82) is 0 Å². The summed E-state index contributed by atoms with van der Waals surface area (Å²) in [6, 6.07) is 0. The number of esters is 8. The zero-order chi connectivity index (χ0) is 36.8. The van der Waals surface area contributed by atoms with E-state index in [0.29, 0.717) is 19.3 Å². The highest BCUT2D eigenvalue weighted by molar-refractivity contribution is 6.00. The van der Waals surface area contributed by atoms with E-state index in [2.05, 4.69) is 0 Å². The van der Waals surface area contributed by atoms with Crippen molar-refractivity contribution in [2.75, 3.05) is 28.4 Å². The van der Waals surface area contributed by atoms with Gasteiger partial charge in [0.25, 0.3) is 0 Å². The van der Waals surface area contributed by atoms with Crippen molar-refractivity contribution in [3.8, 4) is 0 Å². The largest absolute Gasteiger partial charge is 0.467 e. The van der Waals surface area contributed by atoms with E-state index in [9.17, 15) is 38.4 Å². The normalized spacial score (nSPS) is 59.2. The molecular formula is C37H36O16. The minimum atomic E-state index is -1.77. The summed E-state index contributed by atoms with van der Waals surface area (Å²) in [7, 11) is 4.95. The molecule has 0 radical (unpaired) electrons. The van der Waals surface area contributed by atoms with Crippen molar-refractivity contribution in [2.24, 2.45) is 107 Å². The summed E-state index contributed by atoms with van der Waals surface area (Å²) < 4.78 is 46.5. The van der Waals surface area contributed by atoms with Crippen LogP contribution < -0.4 is 0 Å². The van der Waals surface area contributed by atoms with Crippen LogP contribution in [0.5, 0.6) is 0 Å². The maximum atomic E-state index is 14.6. The van der Waals surface area contributed by atoms with E-state index in [4.69, 9.17) is 37.9 Å². The Labute approximate surface area is 300 Å². The molecule has 2 unspecified atom stereocenters. The number of cyclic esters (lactones) is 4. The van der Waals surface area contributed by atoms with Gasteiger partial charge < -0.3 is 37.9 Å². The molecule has 10 bridgehead atoms. The molecule has 12 fully saturated rings. The summed E-state index contributed by atoms with van der Waals surface area (Å²) in [6.45, 7) is 0. The zero-order valence-corrected chi connectivity index (χ0v) is 29.0. The van der Waals surface area contributed by atoms with Crippen molar-refractivity contribution in [2.45, 2.75) is 41.7 Å².